The first-order valence-corrected chi connectivity index (χ1v) is 1.18. The molecule has 0 aliphatic rings. The molecule has 0 saturated carbocycles. The Morgan fingerprint density at radius 3 is 1.67 bits per heavy atom. The first-order chi connectivity index (χ1) is 2.27. The zero-order valence-corrected chi connectivity index (χ0v) is 2.62. The van der Waals surface area contributed by atoms with E-state index in [0.29, 0.717) is 6.08 Å². The Labute approximate surface area is 36.5 Å². The fourth-order valence-electron chi connectivity index (χ4n) is 0. The van der Waals surface area contributed by atoms with E-state index in [9.17, 15) is 8.78 Å². The molecule has 0 aromatic heterocycles. The van der Waals surface area contributed by atoms with Crippen molar-refractivity contribution in [3.8, 4) is 0 Å². The highest BCUT2D eigenvalue weighted by molar-refractivity contribution is 4.67. The van der Waals surface area contributed by atoms with Gasteiger partial charge in [0.05, 0.1) is 0 Å². The van der Waals surface area contributed by atoms with Crippen molar-refractivity contribution < 1.29 is 8.78 Å². The first-order valence-electron chi connectivity index (χ1n) is 1.18. The van der Waals surface area contributed by atoms with E-state index in [4.69, 9.17) is 0 Å². The van der Waals surface area contributed by atoms with Crippen LogP contribution in [-0.2, 0) is 0 Å². The highest BCUT2D eigenvalue weighted by Crippen LogP contribution is 1.87. The highest BCUT2D eigenvalue weighted by Gasteiger charge is 1.85. The summed E-state index contributed by atoms with van der Waals surface area (Å²) in [4.78, 5) is 0. The van der Waals surface area contributed by atoms with Gasteiger partial charge in [-0.05, 0) is 6.08 Å². The van der Waals surface area contributed by atoms with Crippen LogP contribution in [0.3, 0.4) is 0 Å². The highest BCUT2D eigenvalue weighted by atomic mass is 19.3. The summed E-state index contributed by atoms with van der Waals surface area (Å²) in [5.41, 5.74) is 0. The van der Waals surface area contributed by atoms with Crippen LogP contribution in [0.4, 0.5) is 8.78 Å². The maximum atomic E-state index is 10.6. The second kappa shape index (κ2) is 4.60. The molecular formula is C4H8F2. The van der Waals surface area contributed by atoms with E-state index in [1.54, 1.807) is 0 Å². The number of rotatable bonds is 1. The van der Waals surface area contributed by atoms with E-state index in [-0.39, 0.29) is 7.43 Å². The number of halogens is 2. The molecule has 0 saturated heterocycles. The van der Waals surface area contributed by atoms with Gasteiger partial charge in [0.15, 0.2) is 0 Å². The summed E-state index contributed by atoms with van der Waals surface area (Å²) < 4.78 is 21.3. The Hall–Kier alpha value is -0.400. The van der Waals surface area contributed by atoms with E-state index >= 15 is 0 Å². The summed E-state index contributed by atoms with van der Waals surface area (Å²) in [5, 5.41) is 0. The smallest absolute Gasteiger partial charge is 0.206 e. The van der Waals surface area contributed by atoms with Gasteiger partial charge < -0.3 is 0 Å². The van der Waals surface area contributed by atoms with Crippen LogP contribution < -0.4 is 0 Å². The average molecular weight is 94.1 g/mol. The molecule has 0 N–H and O–H groups in total. The molecule has 0 amide bonds. The first kappa shape index (κ1) is 9.14. The van der Waals surface area contributed by atoms with Crippen LogP contribution in [0.1, 0.15) is 7.43 Å². The van der Waals surface area contributed by atoms with Crippen molar-refractivity contribution in [1.29, 1.82) is 0 Å². The van der Waals surface area contributed by atoms with Crippen molar-refractivity contribution in [3.05, 3.63) is 12.7 Å². The summed E-state index contributed by atoms with van der Waals surface area (Å²) in [6, 6.07) is 0. The van der Waals surface area contributed by atoms with Gasteiger partial charge in [0.2, 0.25) is 0 Å². The van der Waals surface area contributed by atoms with Crippen LogP contribution >= 0.6 is 0 Å². The second-order valence-electron chi connectivity index (χ2n) is 0.570. The third-order valence-electron chi connectivity index (χ3n) is 0.178. The van der Waals surface area contributed by atoms with Crippen LogP contribution in [0.2, 0.25) is 0 Å². The number of hydrogen-bond acceptors (Lipinski definition) is 0. The van der Waals surface area contributed by atoms with Crippen molar-refractivity contribution in [3.63, 3.8) is 0 Å². The molecule has 0 nitrogen and oxygen atoms in total. The summed E-state index contributed by atoms with van der Waals surface area (Å²) in [6.45, 7) is 2.81. The molecule has 0 atom stereocenters. The Bertz CT molecular complexity index is 32.5. The number of hydrogen-bond donors (Lipinski definition) is 0. The molecule has 0 aromatic carbocycles. The summed E-state index contributed by atoms with van der Waals surface area (Å²) in [7, 11) is 0. The molecule has 0 radical (unpaired) electrons. The summed E-state index contributed by atoms with van der Waals surface area (Å²) >= 11 is 0. The third-order valence-corrected chi connectivity index (χ3v) is 0.178. The van der Waals surface area contributed by atoms with Crippen LogP contribution in [0.5, 0.6) is 0 Å². The fraction of sp³-hybridized carbons (Fsp3) is 0.500. The molecule has 0 rings (SSSR count). The lowest BCUT2D eigenvalue weighted by atomic mass is 10.7. The molecule has 2 heteroatoms. The molecule has 0 spiro atoms. The molecule has 0 unspecified atom stereocenters. The van der Waals surface area contributed by atoms with Gasteiger partial charge in [-0.25, -0.2) is 8.78 Å². The van der Waals surface area contributed by atoms with E-state index in [1.165, 1.54) is 0 Å². The zero-order valence-electron chi connectivity index (χ0n) is 2.62. The Morgan fingerprint density at radius 1 is 1.50 bits per heavy atom. The van der Waals surface area contributed by atoms with Crippen molar-refractivity contribution in [1.82, 2.24) is 0 Å². The van der Waals surface area contributed by atoms with E-state index < -0.39 is 6.43 Å². The van der Waals surface area contributed by atoms with Crippen LogP contribution in [0.15, 0.2) is 12.7 Å². The van der Waals surface area contributed by atoms with Crippen molar-refractivity contribution in [2.24, 2.45) is 0 Å². The maximum absolute atomic E-state index is 10.6. The average Bonchev–Trinajstić information content (AvgIpc) is 1.38. The minimum atomic E-state index is -2.35. The van der Waals surface area contributed by atoms with Crippen LogP contribution in [0.25, 0.3) is 0 Å². The molecule has 0 aromatic rings. The van der Waals surface area contributed by atoms with Crippen LogP contribution in [-0.4, -0.2) is 6.43 Å². The van der Waals surface area contributed by atoms with Gasteiger partial charge in [0.25, 0.3) is 6.43 Å². The lowest BCUT2D eigenvalue weighted by Crippen LogP contribution is -1.74. The topological polar surface area (TPSA) is 0 Å². The predicted octanol–water partition coefficient (Wildman–Crippen LogP) is 2.07. The summed E-state index contributed by atoms with van der Waals surface area (Å²) in [6.07, 6.45) is -1.77. The van der Waals surface area contributed by atoms with Gasteiger partial charge in [-0.15, -0.1) is 0 Å². The van der Waals surface area contributed by atoms with Gasteiger partial charge in [-0.2, -0.15) is 0 Å². The standard InChI is InChI=1S/C3H4F2.CH4/c1-2-3(4)5;/h2-3H,1H2;1H4. The fourth-order valence-corrected chi connectivity index (χ4v) is 0. The Balaban J connectivity index is 0. The zero-order chi connectivity index (χ0) is 4.28. The van der Waals surface area contributed by atoms with E-state index in [2.05, 4.69) is 6.58 Å². The van der Waals surface area contributed by atoms with Gasteiger partial charge in [0.1, 0.15) is 0 Å². The maximum Gasteiger partial charge on any atom is 0.256 e. The monoisotopic (exact) mass is 94.1 g/mol. The van der Waals surface area contributed by atoms with Gasteiger partial charge in [0, 0.05) is 0 Å². The minimum absolute atomic E-state index is 0. The summed E-state index contributed by atoms with van der Waals surface area (Å²) in [5.74, 6) is 0. The Kier molecular flexibility index (Phi) is 7.01. The SMILES string of the molecule is C.C=CC(F)F. The van der Waals surface area contributed by atoms with Gasteiger partial charge in [-0.3, -0.25) is 0 Å². The van der Waals surface area contributed by atoms with Crippen molar-refractivity contribution >= 4 is 0 Å². The van der Waals surface area contributed by atoms with Crippen molar-refractivity contribution in [2.75, 3.05) is 0 Å². The quantitative estimate of drug-likeness (QED) is 0.436. The van der Waals surface area contributed by atoms with Crippen LogP contribution in [0, 0.1) is 0 Å². The number of allylic oxidation sites excluding steroid dienone is 1. The molecule has 6 heavy (non-hydrogen) atoms. The lowest BCUT2D eigenvalue weighted by molar-refractivity contribution is 0.204. The normalized spacial score (nSPS) is 7.17. The predicted molar refractivity (Wildman–Crippen MR) is 22.9 cm³/mol. The lowest BCUT2D eigenvalue weighted by Gasteiger charge is -1.75. The third kappa shape index (κ3) is 9.51. The largest absolute Gasteiger partial charge is 0.256 e. The number of alkyl halides is 2. The second-order valence-corrected chi connectivity index (χ2v) is 0.570. The molecule has 0 heterocycles. The molecule has 0 aliphatic heterocycles. The van der Waals surface area contributed by atoms with E-state index in [1.807, 2.05) is 0 Å². The van der Waals surface area contributed by atoms with Crippen molar-refractivity contribution in [2.45, 2.75) is 13.9 Å². The molecule has 0 bridgehead atoms. The Morgan fingerprint density at radius 2 is 1.67 bits per heavy atom. The molecule has 0 fully saturated rings. The van der Waals surface area contributed by atoms with E-state index in [0.717, 1.165) is 0 Å². The minimum Gasteiger partial charge on any atom is -0.206 e. The van der Waals surface area contributed by atoms with Gasteiger partial charge >= 0.3 is 0 Å². The molecule has 0 aliphatic carbocycles. The molecular weight excluding hydrogens is 86.0 g/mol. The molecule has 38 valence electrons. The van der Waals surface area contributed by atoms with Gasteiger partial charge in [-0.1, -0.05) is 14.0 Å².